The quantitative estimate of drug-likeness (QED) is 0.921. The molecule has 0 atom stereocenters. The number of methoxy groups -OCH3 is 1. The third-order valence-electron chi connectivity index (χ3n) is 3.60. The smallest absolute Gasteiger partial charge is 0.308 e. The second kappa shape index (κ2) is 6.47. The maximum Gasteiger partial charge on any atom is 0.308 e. The van der Waals surface area contributed by atoms with Crippen LogP contribution in [0.3, 0.4) is 0 Å². The summed E-state index contributed by atoms with van der Waals surface area (Å²) in [6, 6.07) is 9.10. The molecule has 0 spiro atoms. The van der Waals surface area contributed by atoms with E-state index in [4.69, 9.17) is 9.84 Å². The Morgan fingerprint density at radius 2 is 2.00 bits per heavy atom. The molecule has 5 nitrogen and oxygen atoms in total. The van der Waals surface area contributed by atoms with Crippen LogP contribution in [0.15, 0.2) is 35.1 Å². The molecule has 0 aliphatic rings. The van der Waals surface area contributed by atoms with Gasteiger partial charge < -0.3 is 14.4 Å². The molecule has 1 aromatic heterocycles. The zero-order valence-electron chi connectivity index (χ0n) is 12.9. The summed E-state index contributed by atoms with van der Waals surface area (Å²) in [5.41, 5.74) is 2.69. The fraction of sp³-hybridized carbons (Fsp3) is 0.294. The monoisotopic (exact) mass is 301 g/mol. The van der Waals surface area contributed by atoms with Crippen molar-refractivity contribution in [1.29, 1.82) is 0 Å². The lowest BCUT2D eigenvalue weighted by Crippen LogP contribution is -2.25. The molecule has 0 fully saturated rings. The van der Waals surface area contributed by atoms with E-state index >= 15 is 0 Å². The van der Waals surface area contributed by atoms with Gasteiger partial charge in [-0.05, 0) is 49.2 Å². The standard InChI is InChI=1S/C17H19NO4/c1-4-18-14(7-5-13(17(18)21)10-16(19)20)12-6-8-15(22-3)11(2)9-12/h5-9H,4,10H2,1-3H3,(H,19,20). The van der Waals surface area contributed by atoms with E-state index in [2.05, 4.69) is 0 Å². The average molecular weight is 301 g/mol. The summed E-state index contributed by atoms with van der Waals surface area (Å²) in [6.07, 6.45) is -0.263. The predicted molar refractivity (Wildman–Crippen MR) is 84.4 cm³/mol. The molecule has 22 heavy (non-hydrogen) atoms. The molecule has 0 saturated heterocycles. The van der Waals surface area contributed by atoms with E-state index in [9.17, 15) is 9.59 Å². The number of ether oxygens (including phenoxy) is 1. The molecule has 0 unspecified atom stereocenters. The van der Waals surface area contributed by atoms with Crippen LogP contribution >= 0.6 is 0 Å². The number of carboxylic acid groups (broad SMARTS) is 1. The fourth-order valence-corrected chi connectivity index (χ4v) is 2.52. The second-order valence-corrected chi connectivity index (χ2v) is 5.05. The van der Waals surface area contributed by atoms with Crippen molar-refractivity contribution in [2.75, 3.05) is 7.11 Å². The normalized spacial score (nSPS) is 10.5. The lowest BCUT2D eigenvalue weighted by Gasteiger charge is -2.14. The number of aliphatic carboxylic acids is 1. The van der Waals surface area contributed by atoms with Crippen molar-refractivity contribution in [2.45, 2.75) is 26.8 Å². The van der Waals surface area contributed by atoms with Crippen LogP contribution in [0.2, 0.25) is 0 Å². The predicted octanol–water partition coefficient (Wildman–Crippen LogP) is 2.48. The summed E-state index contributed by atoms with van der Waals surface area (Å²) in [6.45, 7) is 4.29. The third-order valence-corrected chi connectivity index (χ3v) is 3.60. The molecule has 1 heterocycles. The Labute approximate surface area is 128 Å². The highest BCUT2D eigenvalue weighted by Crippen LogP contribution is 2.25. The molecule has 0 bridgehead atoms. The van der Waals surface area contributed by atoms with Crippen LogP contribution in [-0.2, 0) is 17.8 Å². The Morgan fingerprint density at radius 1 is 1.27 bits per heavy atom. The summed E-state index contributed by atoms with van der Waals surface area (Å²) in [5.74, 6) is -0.218. The van der Waals surface area contributed by atoms with E-state index in [0.29, 0.717) is 12.1 Å². The highest BCUT2D eigenvalue weighted by molar-refractivity contribution is 5.70. The summed E-state index contributed by atoms with van der Waals surface area (Å²) in [7, 11) is 1.62. The Kier molecular flexibility index (Phi) is 4.65. The molecule has 2 aromatic rings. The van der Waals surface area contributed by atoms with Crippen LogP contribution in [0, 0.1) is 6.92 Å². The summed E-state index contributed by atoms with van der Waals surface area (Å²) in [5, 5.41) is 8.87. The number of pyridine rings is 1. The number of carbonyl (C=O) groups is 1. The number of hydrogen-bond donors (Lipinski definition) is 1. The van der Waals surface area contributed by atoms with Crippen molar-refractivity contribution < 1.29 is 14.6 Å². The highest BCUT2D eigenvalue weighted by Gasteiger charge is 2.12. The summed E-state index contributed by atoms with van der Waals surface area (Å²) < 4.78 is 6.84. The number of hydrogen-bond acceptors (Lipinski definition) is 3. The molecular weight excluding hydrogens is 282 g/mol. The minimum atomic E-state index is -1.01. The molecule has 0 saturated carbocycles. The topological polar surface area (TPSA) is 68.5 Å². The van der Waals surface area contributed by atoms with Gasteiger partial charge in [-0.25, -0.2) is 0 Å². The first-order valence-electron chi connectivity index (χ1n) is 7.07. The molecule has 0 aliphatic heterocycles. The molecule has 2 rings (SSSR count). The van der Waals surface area contributed by atoms with Gasteiger partial charge in [0.15, 0.2) is 0 Å². The van der Waals surface area contributed by atoms with E-state index in [0.717, 1.165) is 22.6 Å². The second-order valence-electron chi connectivity index (χ2n) is 5.05. The fourth-order valence-electron chi connectivity index (χ4n) is 2.52. The molecule has 0 radical (unpaired) electrons. The zero-order chi connectivity index (χ0) is 16.3. The first-order chi connectivity index (χ1) is 10.5. The molecular formula is C17H19NO4. The van der Waals surface area contributed by atoms with E-state index < -0.39 is 5.97 Å². The number of aryl methyl sites for hydroxylation is 1. The van der Waals surface area contributed by atoms with Crippen LogP contribution in [0.1, 0.15) is 18.1 Å². The Bertz CT molecular complexity index is 762. The van der Waals surface area contributed by atoms with Gasteiger partial charge in [0.1, 0.15) is 5.75 Å². The maximum atomic E-state index is 12.4. The summed E-state index contributed by atoms with van der Waals surface area (Å²) >= 11 is 0. The first-order valence-corrected chi connectivity index (χ1v) is 7.07. The van der Waals surface area contributed by atoms with Crippen LogP contribution in [-0.4, -0.2) is 22.8 Å². The number of aromatic nitrogens is 1. The lowest BCUT2D eigenvalue weighted by atomic mass is 10.1. The molecule has 0 amide bonds. The number of nitrogens with zero attached hydrogens (tertiary/aromatic N) is 1. The molecule has 0 aliphatic carbocycles. The van der Waals surface area contributed by atoms with Crippen molar-refractivity contribution in [1.82, 2.24) is 4.57 Å². The van der Waals surface area contributed by atoms with Gasteiger partial charge in [-0.15, -0.1) is 0 Å². The number of carboxylic acids is 1. The average Bonchev–Trinajstić information content (AvgIpc) is 2.48. The highest BCUT2D eigenvalue weighted by atomic mass is 16.5. The summed E-state index contributed by atoms with van der Waals surface area (Å²) in [4.78, 5) is 23.2. The minimum Gasteiger partial charge on any atom is -0.496 e. The first kappa shape index (κ1) is 15.8. The van der Waals surface area contributed by atoms with E-state index in [1.165, 1.54) is 0 Å². The van der Waals surface area contributed by atoms with Crippen LogP contribution in [0.25, 0.3) is 11.3 Å². The number of rotatable bonds is 5. The SMILES string of the molecule is CCn1c(-c2ccc(OC)c(C)c2)ccc(CC(=O)O)c1=O. The Morgan fingerprint density at radius 3 is 2.55 bits per heavy atom. The van der Waals surface area contributed by atoms with Gasteiger partial charge in [0, 0.05) is 12.1 Å². The largest absolute Gasteiger partial charge is 0.496 e. The Hall–Kier alpha value is -2.56. The lowest BCUT2D eigenvalue weighted by molar-refractivity contribution is -0.136. The van der Waals surface area contributed by atoms with Gasteiger partial charge >= 0.3 is 5.97 Å². The van der Waals surface area contributed by atoms with Crippen molar-refractivity contribution in [3.8, 4) is 17.0 Å². The van der Waals surface area contributed by atoms with Gasteiger partial charge in [-0.1, -0.05) is 6.07 Å². The molecule has 5 heteroatoms. The van der Waals surface area contributed by atoms with E-state index in [1.807, 2.05) is 32.0 Å². The van der Waals surface area contributed by atoms with Crippen LogP contribution in [0.4, 0.5) is 0 Å². The van der Waals surface area contributed by atoms with Gasteiger partial charge in [-0.3, -0.25) is 9.59 Å². The van der Waals surface area contributed by atoms with Crippen LogP contribution < -0.4 is 10.3 Å². The number of benzene rings is 1. The third kappa shape index (κ3) is 3.03. The Balaban J connectivity index is 2.56. The van der Waals surface area contributed by atoms with Crippen molar-refractivity contribution in [3.63, 3.8) is 0 Å². The van der Waals surface area contributed by atoms with Gasteiger partial charge in [0.2, 0.25) is 0 Å². The van der Waals surface area contributed by atoms with Crippen LogP contribution in [0.5, 0.6) is 5.75 Å². The van der Waals surface area contributed by atoms with Crippen molar-refractivity contribution >= 4 is 5.97 Å². The zero-order valence-corrected chi connectivity index (χ0v) is 12.9. The van der Waals surface area contributed by atoms with E-state index in [1.54, 1.807) is 23.8 Å². The van der Waals surface area contributed by atoms with Gasteiger partial charge in [-0.2, -0.15) is 0 Å². The molecule has 1 aromatic carbocycles. The van der Waals surface area contributed by atoms with Crippen molar-refractivity contribution in [2.24, 2.45) is 0 Å². The molecule has 1 N–H and O–H groups in total. The van der Waals surface area contributed by atoms with Crippen molar-refractivity contribution in [3.05, 3.63) is 51.8 Å². The van der Waals surface area contributed by atoms with Gasteiger partial charge in [0.25, 0.3) is 5.56 Å². The maximum absolute atomic E-state index is 12.4. The van der Waals surface area contributed by atoms with Gasteiger partial charge in [0.05, 0.1) is 19.2 Å². The molecule has 116 valence electrons. The minimum absolute atomic E-state index is 0.254. The van der Waals surface area contributed by atoms with E-state index in [-0.39, 0.29) is 12.0 Å².